The molecule has 2 aromatic rings. The summed E-state index contributed by atoms with van der Waals surface area (Å²) in [5.74, 6) is 1.15. The highest BCUT2D eigenvalue weighted by Crippen LogP contribution is 2.34. The van der Waals surface area contributed by atoms with Gasteiger partial charge in [0.2, 0.25) is 10.0 Å². The number of rotatable bonds is 13. The molecule has 2 rings (SSSR count). The number of hydrogen-bond donors (Lipinski definition) is 1. The van der Waals surface area contributed by atoms with Crippen molar-refractivity contribution in [3.63, 3.8) is 0 Å². The predicted molar refractivity (Wildman–Crippen MR) is 124 cm³/mol. The van der Waals surface area contributed by atoms with Crippen LogP contribution in [-0.2, 0) is 27.7 Å². The molecule has 0 spiro atoms. The highest BCUT2D eigenvalue weighted by molar-refractivity contribution is 7.88. The van der Waals surface area contributed by atoms with E-state index in [0.717, 1.165) is 30.2 Å². The van der Waals surface area contributed by atoms with Crippen LogP contribution in [0.1, 0.15) is 17.5 Å². The molecule has 1 N–H and O–H groups in total. The quantitative estimate of drug-likeness (QED) is 0.322. The summed E-state index contributed by atoms with van der Waals surface area (Å²) in [6, 6.07) is 11.0. The number of benzene rings is 2. The predicted octanol–water partition coefficient (Wildman–Crippen LogP) is 4.28. The molecule has 0 aliphatic rings. The molecular formula is C21H24Cl3NO5S. The van der Waals surface area contributed by atoms with Crippen LogP contribution in [0.15, 0.2) is 36.4 Å². The van der Waals surface area contributed by atoms with Crippen LogP contribution < -0.4 is 14.2 Å². The van der Waals surface area contributed by atoms with Crippen LogP contribution in [0.2, 0.25) is 10.0 Å². The standard InChI is InChI=1S/C21H24Cl3NO5S/c1-31(27,28)25-13-17(26)14-30-18-7-5-15(6-8-18)3-4-16-11-19(23)21(20(24)12-16)29-10-2-9-22/h5-8,11-12,25H,2-4,9-10,13-14H2,1H3. The van der Waals surface area contributed by atoms with E-state index < -0.39 is 10.0 Å². The second-order valence-electron chi connectivity index (χ2n) is 6.84. The Morgan fingerprint density at radius 1 is 1.00 bits per heavy atom. The Morgan fingerprint density at radius 3 is 2.19 bits per heavy atom. The fourth-order valence-electron chi connectivity index (χ4n) is 2.59. The minimum atomic E-state index is -3.41. The lowest BCUT2D eigenvalue weighted by atomic mass is 10.0. The average Bonchev–Trinajstić information content (AvgIpc) is 2.71. The summed E-state index contributed by atoms with van der Waals surface area (Å²) in [4.78, 5) is 11.7. The Morgan fingerprint density at radius 2 is 1.61 bits per heavy atom. The second kappa shape index (κ2) is 12.5. The van der Waals surface area contributed by atoms with E-state index >= 15 is 0 Å². The Labute approximate surface area is 197 Å². The number of hydrogen-bond acceptors (Lipinski definition) is 5. The van der Waals surface area contributed by atoms with Crippen LogP contribution in [0, 0.1) is 0 Å². The Kier molecular flexibility index (Phi) is 10.4. The lowest BCUT2D eigenvalue weighted by Crippen LogP contribution is -2.31. The first-order valence-corrected chi connectivity index (χ1v) is 12.7. The molecule has 6 nitrogen and oxygen atoms in total. The van der Waals surface area contributed by atoms with Crippen molar-refractivity contribution >= 4 is 50.6 Å². The van der Waals surface area contributed by atoms with Crippen molar-refractivity contribution in [1.82, 2.24) is 4.72 Å². The first kappa shape index (κ1) is 25.7. The van der Waals surface area contributed by atoms with Gasteiger partial charge in [-0.05, 0) is 54.7 Å². The van der Waals surface area contributed by atoms with Crippen molar-refractivity contribution < 1.29 is 22.7 Å². The second-order valence-corrected chi connectivity index (χ2v) is 9.87. The van der Waals surface area contributed by atoms with Gasteiger partial charge >= 0.3 is 0 Å². The van der Waals surface area contributed by atoms with Gasteiger partial charge in [0.1, 0.15) is 12.4 Å². The summed E-state index contributed by atoms with van der Waals surface area (Å²) >= 11 is 18.2. The minimum absolute atomic E-state index is 0.210. The summed E-state index contributed by atoms with van der Waals surface area (Å²) in [6.07, 6.45) is 3.20. The van der Waals surface area contributed by atoms with E-state index in [1.165, 1.54) is 0 Å². The topological polar surface area (TPSA) is 81.7 Å². The van der Waals surface area contributed by atoms with Gasteiger partial charge in [0.25, 0.3) is 0 Å². The summed E-state index contributed by atoms with van der Waals surface area (Å²) in [5.41, 5.74) is 2.07. The smallest absolute Gasteiger partial charge is 0.209 e. The largest absolute Gasteiger partial charge is 0.490 e. The molecule has 31 heavy (non-hydrogen) atoms. The molecule has 10 heteroatoms. The van der Waals surface area contributed by atoms with Gasteiger partial charge in [-0.2, -0.15) is 0 Å². The highest BCUT2D eigenvalue weighted by atomic mass is 35.5. The summed E-state index contributed by atoms with van der Waals surface area (Å²) in [6.45, 7) is -0.0483. The van der Waals surface area contributed by atoms with E-state index in [-0.39, 0.29) is 18.9 Å². The van der Waals surface area contributed by atoms with Gasteiger partial charge in [-0.3, -0.25) is 4.79 Å². The lowest BCUT2D eigenvalue weighted by molar-refractivity contribution is -0.119. The molecule has 2 aromatic carbocycles. The van der Waals surface area contributed by atoms with Gasteiger partial charge in [0.15, 0.2) is 11.5 Å². The summed E-state index contributed by atoms with van der Waals surface area (Å²) in [7, 11) is -3.41. The van der Waals surface area contributed by atoms with Crippen molar-refractivity contribution in [2.24, 2.45) is 0 Å². The lowest BCUT2D eigenvalue weighted by Gasteiger charge is -2.12. The van der Waals surface area contributed by atoms with Crippen molar-refractivity contribution in [3.8, 4) is 11.5 Å². The monoisotopic (exact) mass is 507 g/mol. The molecule has 0 fully saturated rings. The number of ether oxygens (including phenoxy) is 2. The Balaban J connectivity index is 1.84. The molecule has 0 amide bonds. The van der Waals surface area contributed by atoms with Crippen molar-refractivity contribution in [2.75, 3.05) is 31.9 Å². The van der Waals surface area contributed by atoms with Gasteiger partial charge in [-0.15, -0.1) is 11.6 Å². The van der Waals surface area contributed by atoms with Gasteiger partial charge < -0.3 is 9.47 Å². The molecule has 170 valence electrons. The van der Waals surface area contributed by atoms with Crippen molar-refractivity contribution in [2.45, 2.75) is 19.3 Å². The van der Waals surface area contributed by atoms with Gasteiger partial charge in [-0.1, -0.05) is 35.3 Å². The molecule has 0 radical (unpaired) electrons. The third kappa shape index (κ3) is 9.66. The number of nitrogens with one attached hydrogen (secondary N) is 1. The van der Waals surface area contributed by atoms with Crippen LogP contribution in [0.4, 0.5) is 0 Å². The SMILES string of the molecule is CS(=O)(=O)NCC(=O)COc1ccc(CCc2cc(Cl)c(OCCCCl)c(Cl)c2)cc1. The van der Waals surface area contributed by atoms with Crippen molar-refractivity contribution in [1.29, 1.82) is 0 Å². The highest BCUT2D eigenvalue weighted by Gasteiger charge is 2.11. The molecule has 0 saturated heterocycles. The van der Waals surface area contributed by atoms with E-state index in [4.69, 9.17) is 44.3 Å². The summed E-state index contributed by atoms with van der Waals surface area (Å²) < 4.78 is 35.1. The number of halogens is 3. The van der Waals surface area contributed by atoms with E-state index in [0.29, 0.717) is 40.5 Å². The third-order valence-corrected chi connectivity index (χ3v) is 5.64. The van der Waals surface area contributed by atoms with Crippen LogP contribution in [-0.4, -0.2) is 46.1 Å². The molecule has 0 unspecified atom stereocenters. The molecule has 0 aromatic heterocycles. The zero-order valence-corrected chi connectivity index (χ0v) is 20.1. The third-order valence-electron chi connectivity index (χ3n) is 4.14. The fourth-order valence-corrected chi connectivity index (χ4v) is 3.76. The van der Waals surface area contributed by atoms with Crippen LogP contribution in [0.25, 0.3) is 0 Å². The molecule has 0 aliphatic carbocycles. The van der Waals surface area contributed by atoms with Crippen LogP contribution in [0.5, 0.6) is 11.5 Å². The number of ketones is 1. The van der Waals surface area contributed by atoms with E-state index in [1.54, 1.807) is 12.1 Å². The zero-order chi connectivity index (χ0) is 22.9. The molecule has 0 saturated carbocycles. The molecule has 0 aliphatic heterocycles. The minimum Gasteiger partial charge on any atom is -0.490 e. The van der Waals surface area contributed by atoms with Gasteiger partial charge in [0.05, 0.1) is 29.5 Å². The molecule has 0 atom stereocenters. The number of Topliss-reactive ketones (excluding diaryl/α,β-unsaturated/α-hetero) is 1. The van der Waals surface area contributed by atoms with Crippen LogP contribution in [0.3, 0.4) is 0 Å². The van der Waals surface area contributed by atoms with Gasteiger partial charge in [0, 0.05) is 5.88 Å². The van der Waals surface area contributed by atoms with E-state index in [9.17, 15) is 13.2 Å². The number of sulfonamides is 1. The van der Waals surface area contributed by atoms with E-state index in [1.807, 2.05) is 24.3 Å². The zero-order valence-electron chi connectivity index (χ0n) is 17.0. The Hall–Kier alpha value is -1.51. The maximum Gasteiger partial charge on any atom is 0.209 e. The maximum atomic E-state index is 11.7. The first-order valence-electron chi connectivity index (χ1n) is 9.52. The molecule has 0 bridgehead atoms. The normalized spacial score (nSPS) is 11.4. The fraction of sp³-hybridized carbons (Fsp3) is 0.381. The first-order chi connectivity index (χ1) is 14.7. The molecular weight excluding hydrogens is 485 g/mol. The van der Waals surface area contributed by atoms with E-state index in [2.05, 4.69) is 4.72 Å². The maximum absolute atomic E-state index is 11.7. The van der Waals surface area contributed by atoms with Crippen molar-refractivity contribution in [3.05, 3.63) is 57.6 Å². The molecule has 0 heterocycles. The summed E-state index contributed by atoms with van der Waals surface area (Å²) in [5, 5.41) is 0.937. The Bertz CT molecular complexity index is 958. The van der Waals surface area contributed by atoms with Crippen LogP contribution >= 0.6 is 34.8 Å². The number of carbonyl (C=O) groups excluding carboxylic acids is 1. The number of alkyl halides is 1. The average molecular weight is 509 g/mol. The number of aryl methyl sites for hydroxylation is 2. The van der Waals surface area contributed by atoms with Gasteiger partial charge in [-0.25, -0.2) is 13.1 Å². The number of carbonyl (C=O) groups is 1.